The van der Waals surface area contributed by atoms with Crippen LogP contribution >= 0.6 is 11.8 Å². The zero-order valence-corrected chi connectivity index (χ0v) is 10.1. The van der Waals surface area contributed by atoms with Gasteiger partial charge in [0.05, 0.1) is 6.61 Å². The molecule has 1 aromatic rings. The van der Waals surface area contributed by atoms with Gasteiger partial charge in [-0.15, -0.1) is 11.8 Å². The van der Waals surface area contributed by atoms with Gasteiger partial charge in [0.2, 0.25) is 0 Å². The molecule has 3 nitrogen and oxygen atoms in total. The second-order valence-corrected chi connectivity index (χ2v) is 4.59. The van der Waals surface area contributed by atoms with Gasteiger partial charge in [-0.3, -0.25) is 4.79 Å². The molecule has 0 aliphatic heterocycles. The van der Waals surface area contributed by atoms with E-state index < -0.39 is 5.97 Å². The van der Waals surface area contributed by atoms with Crippen LogP contribution in [-0.2, 0) is 4.79 Å². The van der Waals surface area contributed by atoms with E-state index in [0.717, 1.165) is 11.5 Å². The molecular weight excluding hydrogens is 224 g/mol. The molecule has 16 heavy (non-hydrogen) atoms. The number of carboxylic acids is 1. The lowest BCUT2D eigenvalue weighted by atomic mass is 10.3. The minimum Gasteiger partial charge on any atom is -0.494 e. The van der Waals surface area contributed by atoms with E-state index in [9.17, 15) is 4.79 Å². The standard InChI is InChI=1S/C12H16O3S/c1-2-16-11-7-5-10(6-8-11)15-9-3-4-12(13)14/h5-8H,2-4,9H2,1H3,(H,13,14). The fraction of sp³-hybridized carbons (Fsp3) is 0.417. The Balaban J connectivity index is 2.29. The third-order valence-electron chi connectivity index (χ3n) is 1.94. The van der Waals surface area contributed by atoms with Crippen molar-refractivity contribution in [2.24, 2.45) is 0 Å². The van der Waals surface area contributed by atoms with Gasteiger partial charge in [-0.05, 0) is 36.4 Å². The SMILES string of the molecule is CCSc1ccc(OCCCC(=O)O)cc1. The van der Waals surface area contributed by atoms with Gasteiger partial charge in [0.15, 0.2) is 0 Å². The number of benzene rings is 1. The van der Waals surface area contributed by atoms with Gasteiger partial charge in [-0.2, -0.15) is 0 Å². The largest absolute Gasteiger partial charge is 0.494 e. The van der Waals surface area contributed by atoms with Crippen molar-refractivity contribution in [1.82, 2.24) is 0 Å². The number of carbonyl (C=O) groups is 1. The van der Waals surface area contributed by atoms with Crippen LogP contribution < -0.4 is 4.74 Å². The quantitative estimate of drug-likeness (QED) is 0.588. The lowest BCUT2D eigenvalue weighted by Crippen LogP contribution is -2.01. The van der Waals surface area contributed by atoms with Crippen LogP contribution in [0.1, 0.15) is 19.8 Å². The summed E-state index contributed by atoms with van der Waals surface area (Å²) in [6.07, 6.45) is 0.699. The Bertz CT molecular complexity index is 322. The van der Waals surface area contributed by atoms with Crippen molar-refractivity contribution in [3.05, 3.63) is 24.3 Å². The zero-order chi connectivity index (χ0) is 11.8. The molecular formula is C12H16O3S. The minimum atomic E-state index is -0.779. The highest BCUT2D eigenvalue weighted by atomic mass is 32.2. The van der Waals surface area contributed by atoms with Gasteiger partial charge < -0.3 is 9.84 Å². The van der Waals surface area contributed by atoms with E-state index in [1.54, 1.807) is 11.8 Å². The third kappa shape index (κ3) is 5.07. The van der Waals surface area contributed by atoms with Gasteiger partial charge in [0, 0.05) is 11.3 Å². The highest BCUT2D eigenvalue weighted by Crippen LogP contribution is 2.20. The van der Waals surface area contributed by atoms with E-state index >= 15 is 0 Å². The Hall–Kier alpha value is -1.16. The second-order valence-electron chi connectivity index (χ2n) is 3.25. The number of hydrogen-bond donors (Lipinski definition) is 1. The van der Waals surface area contributed by atoms with Crippen molar-refractivity contribution in [3.8, 4) is 5.75 Å². The molecule has 0 amide bonds. The summed E-state index contributed by atoms with van der Waals surface area (Å²) < 4.78 is 5.42. The van der Waals surface area contributed by atoms with Gasteiger partial charge >= 0.3 is 5.97 Å². The highest BCUT2D eigenvalue weighted by Gasteiger charge is 1.98. The molecule has 0 aliphatic rings. The van der Waals surface area contributed by atoms with Crippen molar-refractivity contribution in [2.45, 2.75) is 24.7 Å². The number of thioether (sulfide) groups is 1. The normalized spacial score (nSPS) is 10.1. The molecule has 1 aromatic carbocycles. The van der Waals surface area contributed by atoms with Gasteiger partial charge in [0.1, 0.15) is 5.75 Å². The molecule has 0 fully saturated rings. The van der Waals surface area contributed by atoms with E-state index in [1.165, 1.54) is 4.90 Å². The summed E-state index contributed by atoms with van der Waals surface area (Å²) in [7, 11) is 0. The van der Waals surface area contributed by atoms with Crippen molar-refractivity contribution in [2.75, 3.05) is 12.4 Å². The lowest BCUT2D eigenvalue weighted by molar-refractivity contribution is -0.137. The van der Waals surface area contributed by atoms with Crippen molar-refractivity contribution >= 4 is 17.7 Å². The smallest absolute Gasteiger partial charge is 0.303 e. The first-order valence-electron chi connectivity index (χ1n) is 5.30. The maximum Gasteiger partial charge on any atom is 0.303 e. The van der Waals surface area contributed by atoms with Crippen LogP contribution in [0.25, 0.3) is 0 Å². The number of ether oxygens (including phenoxy) is 1. The maximum absolute atomic E-state index is 10.3. The zero-order valence-electron chi connectivity index (χ0n) is 9.31. The molecule has 0 unspecified atom stereocenters. The number of carboxylic acid groups (broad SMARTS) is 1. The van der Waals surface area contributed by atoms with Crippen LogP contribution in [0.15, 0.2) is 29.2 Å². The summed E-state index contributed by atoms with van der Waals surface area (Å²) in [5.41, 5.74) is 0. The second kappa shape index (κ2) is 7.17. The molecule has 0 heterocycles. The molecule has 0 radical (unpaired) electrons. The molecule has 0 aromatic heterocycles. The molecule has 0 atom stereocenters. The van der Waals surface area contributed by atoms with Crippen LogP contribution in [0.4, 0.5) is 0 Å². The Morgan fingerprint density at radius 1 is 1.38 bits per heavy atom. The van der Waals surface area contributed by atoms with Crippen LogP contribution in [0.5, 0.6) is 5.75 Å². The van der Waals surface area contributed by atoms with Gasteiger partial charge in [-0.1, -0.05) is 6.92 Å². The number of rotatable bonds is 7. The van der Waals surface area contributed by atoms with Crippen LogP contribution in [-0.4, -0.2) is 23.4 Å². The van der Waals surface area contributed by atoms with E-state index in [0.29, 0.717) is 13.0 Å². The van der Waals surface area contributed by atoms with E-state index in [4.69, 9.17) is 9.84 Å². The first-order chi connectivity index (χ1) is 7.72. The Kier molecular flexibility index (Phi) is 5.78. The lowest BCUT2D eigenvalue weighted by Gasteiger charge is -2.05. The molecule has 0 aliphatic carbocycles. The summed E-state index contributed by atoms with van der Waals surface area (Å²) in [5.74, 6) is 1.07. The molecule has 0 saturated carbocycles. The van der Waals surface area contributed by atoms with Crippen molar-refractivity contribution in [1.29, 1.82) is 0 Å². The average Bonchev–Trinajstić information content (AvgIpc) is 2.27. The fourth-order valence-corrected chi connectivity index (χ4v) is 1.87. The summed E-state index contributed by atoms with van der Waals surface area (Å²) in [5, 5.41) is 8.45. The predicted molar refractivity (Wildman–Crippen MR) is 65.2 cm³/mol. The minimum absolute atomic E-state index is 0.157. The molecule has 1 N–H and O–H groups in total. The average molecular weight is 240 g/mol. The van der Waals surface area contributed by atoms with Crippen molar-refractivity contribution < 1.29 is 14.6 Å². The predicted octanol–water partition coefficient (Wildman–Crippen LogP) is 3.04. The molecule has 0 bridgehead atoms. The Morgan fingerprint density at radius 3 is 2.62 bits per heavy atom. The van der Waals surface area contributed by atoms with E-state index in [2.05, 4.69) is 6.92 Å². The van der Waals surface area contributed by atoms with Crippen molar-refractivity contribution in [3.63, 3.8) is 0 Å². The first-order valence-corrected chi connectivity index (χ1v) is 6.28. The maximum atomic E-state index is 10.3. The summed E-state index contributed by atoms with van der Waals surface area (Å²) in [4.78, 5) is 11.5. The van der Waals surface area contributed by atoms with Gasteiger partial charge in [-0.25, -0.2) is 0 Å². The van der Waals surface area contributed by atoms with E-state index in [-0.39, 0.29) is 6.42 Å². The fourth-order valence-electron chi connectivity index (χ4n) is 1.21. The molecule has 0 saturated heterocycles. The topological polar surface area (TPSA) is 46.5 Å². The summed E-state index contributed by atoms with van der Waals surface area (Å²) in [6.45, 7) is 2.56. The molecule has 88 valence electrons. The van der Waals surface area contributed by atoms with Crippen LogP contribution in [0.3, 0.4) is 0 Å². The first kappa shape index (κ1) is 12.9. The number of hydrogen-bond acceptors (Lipinski definition) is 3. The Morgan fingerprint density at radius 2 is 2.06 bits per heavy atom. The molecule has 0 spiro atoms. The van der Waals surface area contributed by atoms with Crippen LogP contribution in [0.2, 0.25) is 0 Å². The van der Waals surface area contributed by atoms with Crippen LogP contribution in [0, 0.1) is 0 Å². The van der Waals surface area contributed by atoms with E-state index in [1.807, 2.05) is 24.3 Å². The summed E-state index contributed by atoms with van der Waals surface area (Å²) in [6, 6.07) is 7.86. The Labute approximate surface area is 99.8 Å². The number of aliphatic carboxylic acids is 1. The third-order valence-corrected chi connectivity index (χ3v) is 2.83. The van der Waals surface area contributed by atoms with Gasteiger partial charge in [0.25, 0.3) is 0 Å². The molecule has 1 rings (SSSR count). The summed E-state index contributed by atoms with van der Waals surface area (Å²) >= 11 is 1.78. The highest BCUT2D eigenvalue weighted by molar-refractivity contribution is 7.99. The molecule has 4 heteroatoms. The monoisotopic (exact) mass is 240 g/mol.